The zero-order valence-electron chi connectivity index (χ0n) is 12.8. The Morgan fingerprint density at radius 2 is 1.96 bits per heavy atom. The van der Waals surface area contributed by atoms with E-state index in [9.17, 15) is 13.6 Å². The maximum Gasteiger partial charge on any atom is 0.387 e. The monoisotopic (exact) mass is 397 g/mol. The quantitative estimate of drug-likeness (QED) is 0.758. The normalized spacial score (nSPS) is 13.4. The number of benzene rings is 2. The Labute approximate surface area is 146 Å². The van der Waals surface area contributed by atoms with Gasteiger partial charge in [-0.15, -0.1) is 0 Å². The molecule has 2 aromatic rings. The van der Waals surface area contributed by atoms with Crippen LogP contribution in [0.4, 0.5) is 8.78 Å². The predicted molar refractivity (Wildman–Crippen MR) is 87.3 cm³/mol. The van der Waals surface area contributed by atoms with Crippen LogP contribution in [-0.4, -0.2) is 24.5 Å². The van der Waals surface area contributed by atoms with Crippen LogP contribution < -0.4 is 9.47 Å². The van der Waals surface area contributed by atoms with E-state index in [2.05, 4.69) is 20.7 Å². The molecule has 0 bridgehead atoms. The second-order valence-electron chi connectivity index (χ2n) is 5.32. The Morgan fingerprint density at radius 1 is 1.25 bits per heavy atom. The summed E-state index contributed by atoms with van der Waals surface area (Å²) in [6.45, 7) is -2.33. The van der Waals surface area contributed by atoms with Crippen LogP contribution in [0.3, 0.4) is 0 Å². The number of alkyl halides is 2. The number of hydrogen-bond donors (Lipinski definition) is 0. The third kappa shape index (κ3) is 3.36. The van der Waals surface area contributed by atoms with Gasteiger partial charge in [0.15, 0.2) is 0 Å². The van der Waals surface area contributed by atoms with Crippen LogP contribution in [0.15, 0.2) is 40.9 Å². The molecule has 1 aliphatic rings. The molecule has 4 nitrogen and oxygen atoms in total. The lowest BCUT2D eigenvalue weighted by Crippen LogP contribution is -2.23. The highest BCUT2D eigenvalue weighted by Crippen LogP contribution is 2.35. The smallest absolute Gasteiger partial charge is 0.387 e. The summed E-state index contributed by atoms with van der Waals surface area (Å²) in [7, 11) is 1.58. The van der Waals surface area contributed by atoms with Gasteiger partial charge in [-0.05, 0) is 29.8 Å². The van der Waals surface area contributed by atoms with E-state index >= 15 is 0 Å². The van der Waals surface area contributed by atoms with Gasteiger partial charge >= 0.3 is 6.61 Å². The number of carbonyl (C=O) groups is 1. The maximum atomic E-state index is 12.6. The lowest BCUT2D eigenvalue weighted by atomic mass is 10.1. The van der Waals surface area contributed by atoms with Crippen molar-refractivity contribution in [3.8, 4) is 11.5 Å². The Hall–Kier alpha value is -2.15. The van der Waals surface area contributed by atoms with Gasteiger partial charge in [0.2, 0.25) is 0 Å². The number of carbonyl (C=O) groups excluding carboxylic acids is 1. The van der Waals surface area contributed by atoms with Crippen LogP contribution in [0.1, 0.15) is 21.5 Å². The lowest BCUT2D eigenvalue weighted by molar-refractivity contribution is -0.0505. The van der Waals surface area contributed by atoms with Gasteiger partial charge in [0.05, 0.1) is 13.7 Å². The number of rotatable bonds is 5. The first-order chi connectivity index (χ1) is 11.5. The molecule has 1 amide bonds. The van der Waals surface area contributed by atoms with E-state index in [-0.39, 0.29) is 18.2 Å². The van der Waals surface area contributed by atoms with Gasteiger partial charge in [-0.2, -0.15) is 8.78 Å². The molecule has 0 spiro atoms. The predicted octanol–water partition coefficient (Wildman–Crippen LogP) is 4.22. The minimum absolute atomic E-state index is 0.0277. The summed E-state index contributed by atoms with van der Waals surface area (Å²) in [4.78, 5) is 14.1. The fourth-order valence-electron chi connectivity index (χ4n) is 2.68. The van der Waals surface area contributed by atoms with Crippen LogP contribution in [0.25, 0.3) is 0 Å². The number of ether oxygens (including phenoxy) is 2. The first-order valence-electron chi connectivity index (χ1n) is 7.17. The molecular formula is C17H14BrF2NO3. The zero-order valence-corrected chi connectivity index (χ0v) is 14.3. The van der Waals surface area contributed by atoms with E-state index in [1.54, 1.807) is 18.1 Å². The Morgan fingerprint density at radius 3 is 2.58 bits per heavy atom. The molecule has 7 heteroatoms. The molecule has 0 saturated heterocycles. The van der Waals surface area contributed by atoms with Crippen molar-refractivity contribution in [3.05, 3.63) is 57.6 Å². The average molecular weight is 398 g/mol. The summed E-state index contributed by atoms with van der Waals surface area (Å²) in [5.41, 5.74) is 1.79. The van der Waals surface area contributed by atoms with Gasteiger partial charge < -0.3 is 14.4 Å². The first-order valence-corrected chi connectivity index (χ1v) is 7.96. The molecular weight excluding hydrogens is 384 g/mol. The molecule has 0 saturated carbocycles. The van der Waals surface area contributed by atoms with Crippen LogP contribution in [0.5, 0.6) is 11.5 Å². The van der Waals surface area contributed by atoms with Crippen molar-refractivity contribution < 1.29 is 23.0 Å². The summed E-state index contributed by atoms with van der Waals surface area (Å²) in [6, 6.07) is 10.4. The number of fused-ring (bicyclic) bond motifs is 1. The molecule has 126 valence electrons. The topological polar surface area (TPSA) is 38.8 Å². The lowest BCUT2D eigenvalue weighted by Gasteiger charge is -2.16. The molecule has 0 aliphatic carbocycles. The van der Waals surface area contributed by atoms with E-state index in [4.69, 9.17) is 4.74 Å². The summed E-state index contributed by atoms with van der Waals surface area (Å²) in [6.07, 6.45) is 0. The van der Waals surface area contributed by atoms with Crippen molar-refractivity contribution in [3.63, 3.8) is 0 Å². The third-order valence-corrected chi connectivity index (χ3v) is 4.25. The van der Waals surface area contributed by atoms with Gasteiger partial charge in [0.1, 0.15) is 11.5 Å². The molecule has 2 aromatic carbocycles. The number of nitrogens with zero attached hydrogens (tertiary/aromatic N) is 1. The van der Waals surface area contributed by atoms with Crippen molar-refractivity contribution in [1.82, 2.24) is 4.90 Å². The molecule has 0 aromatic heterocycles. The molecule has 0 atom stereocenters. The Balaban J connectivity index is 1.84. The van der Waals surface area contributed by atoms with Gasteiger partial charge in [0, 0.05) is 22.1 Å². The van der Waals surface area contributed by atoms with E-state index < -0.39 is 6.61 Å². The van der Waals surface area contributed by atoms with Crippen LogP contribution >= 0.6 is 15.9 Å². The summed E-state index contributed by atoms with van der Waals surface area (Å²) in [5, 5.41) is 0. The van der Waals surface area contributed by atoms with Crippen molar-refractivity contribution in [2.75, 3.05) is 7.11 Å². The maximum absolute atomic E-state index is 12.6. The fraction of sp³-hybridized carbons (Fsp3) is 0.235. The van der Waals surface area contributed by atoms with Crippen LogP contribution in [0.2, 0.25) is 0 Å². The second kappa shape index (κ2) is 6.76. The molecule has 24 heavy (non-hydrogen) atoms. The van der Waals surface area contributed by atoms with Crippen LogP contribution in [-0.2, 0) is 13.1 Å². The molecule has 0 radical (unpaired) electrons. The molecule has 3 rings (SSSR count). The SMILES string of the molecule is COc1ccc(CN2Cc3c(OC(F)F)cc(Br)cc3C2=O)cc1. The Kier molecular flexibility index (Phi) is 4.71. The largest absolute Gasteiger partial charge is 0.497 e. The van der Waals surface area contributed by atoms with E-state index in [0.29, 0.717) is 22.1 Å². The van der Waals surface area contributed by atoms with E-state index in [1.807, 2.05) is 24.3 Å². The summed E-state index contributed by atoms with van der Waals surface area (Å²) >= 11 is 3.23. The number of hydrogen-bond acceptors (Lipinski definition) is 3. The van der Waals surface area contributed by atoms with E-state index in [0.717, 1.165) is 11.3 Å². The molecule has 0 N–H and O–H groups in total. The highest BCUT2D eigenvalue weighted by Gasteiger charge is 2.31. The summed E-state index contributed by atoms with van der Waals surface area (Å²) in [5.74, 6) is 0.549. The van der Waals surface area contributed by atoms with Crippen molar-refractivity contribution in [2.24, 2.45) is 0 Å². The van der Waals surface area contributed by atoms with Crippen molar-refractivity contribution in [1.29, 1.82) is 0 Å². The van der Waals surface area contributed by atoms with Crippen molar-refractivity contribution >= 4 is 21.8 Å². The standard InChI is InChI=1S/C17H14BrF2NO3/c1-23-12-4-2-10(3-5-12)8-21-9-14-13(16(21)22)6-11(18)7-15(14)24-17(19)20/h2-7,17H,8-9H2,1H3. The minimum atomic E-state index is -2.94. The Bertz CT molecular complexity index is 765. The molecule has 1 heterocycles. The number of halogens is 3. The third-order valence-electron chi connectivity index (χ3n) is 3.79. The van der Waals surface area contributed by atoms with E-state index in [1.165, 1.54) is 6.07 Å². The molecule has 0 unspecified atom stereocenters. The molecule has 0 fully saturated rings. The zero-order chi connectivity index (χ0) is 17.3. The second-order valence-corrected chi connectivity index (χ2v) is 6.23. The summed E-state index contributed by atoms with van der Waals surface area (Å²) < 4.78 is 35.4. The van der Waals surface area contributed by atoms with Gasteiger partial charge in [-0.25, -0.2) is 0 Å². The van der Waals surface area contributed by atoms with Crippen LogP contribution in [0, 0.1) is 0 Å². The first kappa shape index (κ1) is 16.7. The average Bonchev–Trinajstić information content (AvgIpc) is 2.84. The van der Waals surface area contributed by atoms with Gasteiger partial charge in [-0.3, -0.25) is 4.79 Å². The van der Waals surface area contributed by atoms with Gasteiger partial charge in [0.25, 0.3) is 5.91 Å². The van der Waals surface area contributed by atoms with Gasteiger partial charge in [-0.1, -0.05) is 28.1 Å². The molecule has 1 aliphatic heterocycles. The highest BCUT2D eigenvalue weighted by atomic mass is 79.9. The van der Waals surface area contributed by atoms with Crippen molar-refractivity contribution in [2.45, 2.75) is 19.7 Å². The minimum Gasteiger partial charge on any atom is -0.497 e. The number of methoxy groups -OCH3 is 1. The highest BCUT2D eigenvalue weighted by molar-refractivity contribution is 9.10. The fourth-order valence-corrected chi connectivity index (χ4v) is 3.12. The number of amides is 1.